The Bertz CT molecular complexity index is 302. The van der Waals surface area contributed by atoms with Crippen LogP contribution in [0.15, 0.2) is 18.2 Å². The molecule has 0 heterocycles. The van der Waals surface area contributed by atoms with E-state index in [1.165, 1.54) is 11.1 Å². The van der Waals surface area contributed by atoms with Crippen LogP contribution >= 0.6 is 11.6 Å². The standard InChI is InChI=1S/C13H19Cl/c1-5-10(4)12-7-6-11(9(2)3)8-13(12)14/h6-10H,5H2,1-4H3. The van der Waals surface area contributed by atoms with E-state index in [4.69, 9.17) is 11.6 Å². The third kappa shape index (κ3) is 2.51. The molecule has 0 N–H and O–H groups in total. The molecule has 0 amide bonds. The first-order valence-electron chi connectivity index (χ1n) is 5.35. The average molecular weight is 211 g/mol. The number of hydrogen-bond donors (Lipinski definition) is 0. The maximum Gasteiger partial charge on any atom is 0.0443 e. The molecule has 78 valence electrons. The van der Waals surface area contributed by atoms with Crippen LogP contribution in [0.4, 0.5) is 0 Å². The Morgan fingerprint density at radius 2 is 1.86 bits per heavy atom. The average Bonchev–Trinajstić information content (AvgIpc) is 2.16. The van der Waals surface area contributed by atoms with Gasteiger partial charge < -0.3 is 0 Å². The van der Waals surface area contributed by atoms with Crippen LogP contribution in [0, 0.1) is 0 Å². The van der Waals surface area contributed by atoms with Crippen molar-refractivity contribution in [2.75, 3.05) is 0 Å². The van der Waals surface area contributed by atoms with Gasteiger partial charge in [0, 0.05) is 5.02 Å². The van der Waals surface area contributed by atoms with E-state index in [0.717, 1.165) is 11.4 Å². The van der Waals surface area contributed by atoms with Crippen molar-refractivity contribution in [3.63, 3.8) is 0 Å². The number of halogens is 1. The van der Waals surface area contributed by atoms with Gasteiger partial charge >= 0.3 is 0 Å². The fourth-order valence-corrected chi connectivity index (χ4v) is 1.90. The van der Waals surface area contributed by atoms with Crippen LogP contribution in [0.3, 0.4) is 0 Å². The minimum atomic E-state index is 0.554. The lowest BCUT2D eigenvalue weighted by atomic mass is 9.95. The van der Waals surface area contributed by atoms with Crippen molar-refractivity contribution in [2.45, 2.75) is 46.0 Å². The fraction of sp³-hybridized carbons (Fsp3) is 0.538. The van der Waals surface area contributed by atoms with E-state index in [2.05, 4.69) is 45.9 Å². The van der Waals surface area contributed by atoms with E-state index >= 15 is 0 Å². The lowest BCUT2D eigenvalue weighted by Gasteiger charge is -2.13. The molecule has 0 aliphatic heterocycles. The highest BCUT2D eigenvalue weighted by molar-refractivity contribution is 6.31. The van der Waals surface area contributed by atoms with Crippen LogP contribution in [0.1, 0.15) is 57.1 Å². The first-order chi connectivity index (χ1) is 6.56. The highest BCUT2D eigenvalue weighted by Gasteiger charge is 2.09. The molecule has 0 spiro atoms. The minimum Gasteiger partial charge on any atom is -0.0840 e. The lowest BCUT2D eigenvalue weighted by Crippen LogP contribution is -1.95. The first kappa shape index (κ1) is 11.6. The second kappa shape index (κ2) is 4.84. The SMILES string of the molecule is CCC(C)c1ccc(C(C)C)cc1Cl. The van der Waals surface area contributed by atoms with Gasteiger partial charge in [-0.1, -0.05) is 51.4 Å². The van der Waals surface area contributed by atoms with Crippen LogP contribution in [-0.4, -0.2) is 0 Å². The molecule has 0 bridgehead atoms. The summed E-state index contributed by atoms with van der Waals surface area (Å²) in [6.07, 6.45) is 1.14. The summed E-state index contributed by atoms with van der Waals surface area (Å²) in [5.74, 6) is 1.11. The van der Waals surface area contributed by atoms with Crippen molar-refractivity contribution in [1.82, 2.24) is 0 Å². The summed E-state index contributed by atoms with van der Waals surface area (Å²) in [5.41, 5.74) is 2.60. The molecule has 0 radical (unpaired) electrons. The van der Waals surface area contributed by atoms with Gasteiger partial charge in [-0.25, -0.2) is 0 Å². The number of hydrogen-bond acceptors (Lipinski definition) is 0. The van der Waals surface area contributed by atoms with Gasteiger partial charge in [0.2, 0.25) is 0 Å². The maximum absolute atomic E-state index is 6.25. The van der Waals surface area contributed by atoms with Gasteiger partial charge in [0.25, 0.3) is 0 Å². The Balaban J connectivity index is 3.01. The topological polar surface area (TPSA) is 0 Å². The summed E-state index contributed by atoms with van der Waals surface area (Å²) in [4.78, 5) is 0. The van der Waals surface area contributed by atoms with Crippen LogP contribution < -0.4 is 0 Å². The largest absolute Gasteiger partial charge is 0.0840 e. The Morgan fingerprint density at radius 1 is 1.21 bits per heavy atom. The van der Waals surface area contributed by atoms with Crippen molar-refractivity contribution in [1.29, 1.82) is 0 Å². The Morgan fingerprint density at radius 3 is 2.29 bits per heavy atom. The second-order valence-corrected chi connectivity index (χ2v) is 4.65. The molecule has 0 nitrogen and oxygen atoms in total. The smallest absolute Gasteiger partial charge is 0.0443 e. The van der Waals surface area contributed by atoms with Crippen molar-refractivity contribution in [3.05, 3.63) is 34.3 Å². The molecule has 1 aromatic carbocycles. The fourth-order valence-electron chi connectivity index (χ4n) is 1.52. The third-order valence-electron chi connectivity index (χ3n) is 2.83. The summed E-state index contributed by atoms with van der Waals surface area (Å²) in [6, 6.07) is 6.47. The van der Waals surface area contributed by atoms with Gasteiger partial charge in [0.05, 0.1) is 0 Å². The third-order valence-corrected chi connectivity index (χ3v) is 3.16. The molecule has 1 rings (SSSR count). The molecule has 1 heteroatoms. The number of benzene rings is 1. The first-order valence-corrected chi connectivity index (χ1v) is 5.73. The summed E-state index contributed by atoms with van der Waals surface area (Å²) in [6.45, 7) is 8.79. The van der Waals surface area contributed by atoms with Crippen LogP contribution in [0.2, 0.25) is 5.02 Å². The van der Waals surface area contributed by atoms with Crippen LogP contribution in [0.5, 0.6) is 0 Å². The van der Waals surface area contributed by atoms with Gasteiger partial charge in [-0.15, -0.1) is 0 Å². The van der Waals surface area contributed by atoms with E-state index < -0.39 is 0 Å². The zero-order chi connectivity index (χ0) is 10.7. The van der Waals surface area contributed by atoms with Crippen LogP contribution in [0.25, 0.3) is 0 Å². The monoisotopic (exact) mass is 210 g/mol. The lowest BCUT2D eigenvalue weighted by molar-refractivity contribution is 0.732. The molecule has 0 aliphatic rings. The molecule has 1 atom stereocenters. The van der Waals surface area contributed by atoms with E-state index in [1.54, 1.807) is 0 Å². The van der Waals surface area contributed by atoms with Crippen molar-refractivity contribution >= 4 is 11.6 Å². The summed E-state index contributed by atoms with van der Waals surface area (Å²) < 4.78 is 0. The number of rotatable bonds is 3. The molecular formula is C13H19Cl. The second-order valence-electron chi connectivity index (χ2n) is 4.24. The van der Waals surface area contributed by atoms with Gasteiger partial charge in [-0.05, 0) is 35.4 Å². The molecule has 1 aromatic rings. The van der Waals surface area contributed by atoms with Gasteiger partial charge in [0.15, 0.2) is 0 Å². The Kier molecular flexibility index (Phi) is 4.00. The van der Waals surface area contributed by atoms with Crippen molar-refractivity contribution < 1.29 is 0 Å². The summed E-state index contributed by atoms with van der Waals surface area (Å²) in [7, 11) is 0. The van der Waals surface area contributed by atoms with E-state index in [1.807, 2.05) is 0 Å². The highest BCUT2D eigenvalue weighted by atomic mass is 35.5. The molecular weight excluding hydrogens is 192 g/mol. The molecule has 0 aromatic heterocycles. The predicted octanol–water partition coefficient (Wildman–Crippen LogP) is 4.98. The van der Waals surface area contributed by atoms with E-state index in [-0.39, 0.29) is 0 Å². The van der Waals surface area contributed by atoms with E-state index in [0.29, 0.717) is 11.8 Å². The highest BCUT2D eigenvalue weighted by Crippen LogP contribution is 2.29. The molecule has 0 aliphatic carbocycles. The molecule has 0 saturated carbocycles. The Labute approximate surface area is 92.3 Å². The van der Waals surface area contributed by atoms with Gasteiger partial charge in [-0.2, -0.15) is 0 Å². The Hall–Kier alpha value is -0.490. The normalized spacial score (nSPS) is 13.3. The molecule has 1 unspecified atom stereocenters. The van der Waals surface area contributed by atoms with Crippen LogP contribution in [-0.2, 0) is 0 Å². The maximum atomic E-state index is 6.25. The summed E-state index contributed by atoms with van der Waals surface area (Å²) >= 11 is 6.25. The van der Waals surface area contributed by atoms with Crippen molar-refractivity contribution in [2.24, 2.45) is 0 Å². The zero-order valence-corrected chi connectivity index (χ0v) is 10.2. The molecule has 0 saturated heterocycles. The zero-order valence-electron chi connectivity index (χ0n) is 9.47. The molecule has 0 fully saturated rings. The minimum absolute atomic E-state index is 0.554. The van der Waals surface area contributed by atoms with Gasteiger partial charge in [0.1, 0.15) is 0 Å². The quantitative estimate of drug-likeness (QED) is 0.661. The van der Waals surface area contributed by atoms with Crippen molar-refractivity contribution in [3.8, 4) is 0 Å². The molecule has 14 heavy (non-hydrogen) atoms. The van der Waals surface area contributed by atoms with E-state index in [9.17, 15) is 0 Å². The summed E-state index contributed by atoms with van der Waals surface area (Å²) in [5, 5.41) is 0.922. The predicted molar refractivity (Wildman–Crippen MR) is 64.2 cm³/mol. The van der Waals surface area contributed by atoms with Gasteiger partial charge in [-0.3, -0.25) is 0 Å².